The highest BCUT2D eigenvalue weighted by molar-refractivity contribution is 7.80. The predicted molar refractivity (Wildman–Crippen MR) is 67.4 cm³/mol. The molecule has 1 N–H and O–H groups in total. The van der Waals surface area contributed by atoms with Crippen molar-refractivity contribution >= 4 is 29.9 Å². The number of hydrogen-bond donors (Lipinski definition) is 2. The van der Waals surface area contributed by atoms with Crippen molar-refractivity contribution in [2.45, 2.75) is 17.7 Å². The van der Waals surface area contributed by atoms with Crippen molar-refractivity contribution in [3.05, 3.63) is 16.3 Å². The third-order valence-electron chi connectivity index (χ3n) is 2.39. The lowest BCUT2D eigenvalue weighted by Crippen LogP contribution is -2.26. The van der Waals surface area contributed by atoms with E-state index in [1.807, 2.05) is 5.38 Å². The van der Waals surface area contributed by atoms with Gasteiger partial charge < -0.3 is 10.1 Å². The lowest BCUT2D eigenvalue weighted by atomic mass is 10.4. The lowest BCUT2D eigenvalue weighted by molar-refractivity contribution is 0.0910. The highest BCUT2D eigenvalue weighted by Crippen LogP contribution is 2.28. The molecule has 1 saturated carbocycles. The molecular weight excluding hydrogens is 242 g/mol. The molecule has 0 atom stereocenters. The Labute approximate surface area is 105 Å². The van der Waals surface area contributed by atoms with Crippen molar-refractivity contribution in [1.29, 1.82) is 0 Å². The largest absolute Gasteiger partial charge is 0.379 e. The van der Waals surface area contributed by atoms with Gasteiger partial charge in [-0.25, -0.2) is 0 Å². The average molecular weight is 257 g/mol. The van der Waals surface area contributed by atoms with Crippen LogP contribution in [-0.4, -0.2) is 25.7 Å². The predicted octanol–water partition coefficient (Wildman–Crippen LogP) is 2.19. The zero-order chi connectivity index (χ0) is 11.4. The highest BCUT2D eigenvalue weighted by Gasteiger charge is 2.20. The third kappa shape index (κ3) is 3.81. The molecule has 1 aliphatic carbocycles. The second kappa shape index (κ2) is 5.70. The van der Waals surface area contributed by atoms with Gasteiger partial charge in [0.15, 0.2) is 0 Å². The Balaban J connectivity index is 1.59. The van der Waals surface area contributed by atoms with E-state index in [1.54, 1.807) is 6.07 Å². The van der Waals surface area contributed by atoms with Crippen LogP contribution in [0.3, 0.4) is 0 Å². The molecule has 0 bridgehead atoms. The van der Waals surface area contributed by atoms with Gasteiger partial charge in [-0.3, -0.25) is 4.79 Å². The van der Waals surface area contributed by atoms with E-state index in [4.69, 9.17) is 4.74 Å². The first kappa shape index (κ1) is 12.0. The molecule has 1 heterocycles. The van der Waals surface area contributed by atoms with Crippen molar-refractivity contribution in [2.24, 2.45) is 5.92 Å². The highest BCUT2D eigenvalue weighted by atomic mass is 32.1. The van der Waals surface area contributed by atoms with E-state index in [1.165, 1.54) is 24.2 Å². The molecular formula is C11H15NO2S2. The van der Waals surface area contributed by atoms with Crippen LogP contribution < -0.4 is 5.32 Å². The van der Waals surface area contributed by atoms with Gasteiger partial charge in [-0.15, -0.1) is 24.0 Å². The lowest BCUT2D eigenvalue weighted by Gasteiger charge is -2.04. The molecule has 16 heavy (non-hydrogen) atoms. The third-order valence-corrected chi connectivity index (χ3v) is 3.75. The number of ether oxygens (including phenoxy) is 1. The van der Waals surface area contributed by atoms with Gasteiger partial charge in [0, 0.05) is 23.4 Å². The molecule has 5 heteroatoms. The normalized spacial score (nSPS) is 15.1. The summed E-state index contributed by atoms with van der Waals surface area (Å²) in [5, 5.41) is 4.67. The van der Waals surface area contributed by atoms with E-state index in [9.17, 15) is 4.79 Å². The summed E-state index contributed by atoms with van der Waals surface area (Å²) in [6, 6.07) is 1.77. The summed E-state index contributed by atoms with van der Waals surface area (Å²) >= 11 is 5.57. The minimum Gasteiger partial charge on any atom is -0.379 e. The first-order valence-corrected chi connectivity index (χ1v) is 6.72. The molecule has 0 saturated heterocycles. The number of hydrogen-bond acceptors (Lipinski definition) is 4. The van der Waals surface area contributed by atoms with Crippen LogP contribution in [0.25, 0.3) is 0 Å². The second-order valence-electron chi connectivity index (χ2n) is 3.94. The number of amides is 1. The monoisotopic (exact) mass is 257 g/mol. The molecule has 88 valence electrons. The van der Waals surface area contributed by atoms with Crippen molar-refractivity contribution in [3.63, 3.8) is 0 Å². The second-order valence-corrected chi connectivity index (χ2v) is 5.37. The summed E-state index contributed by atoms with van der Waals surface area (Å²) in [4.78, 5) is 13.1. The molecule has 2 rings (SSSR count). The van der Waals surface area contributed by atoms with Crippen LogP contribution in [0.15, 0.2) is 16.3 Å². The Kier molecular flexibility index (Phi) is 4.26. The number of thiol groups is 1. The van der Waals surface area contributed by atoms with E-state index in [0.717, 1.165) is 17.4 Å². The summed E-state index contributed by atoms with van der Waals surface area (Å²) in [6.07, 6.45) is 2.60. The minimum atomic E-state index is -0.0414. The van der Waals surface area contributed by atoms with Crippen molar-refractivity contribution in [2.75, 3.05) is 19.8 Å². The van der Waals surface area contributed by atoms with Gasteiger partial charge in [0.05, 0.1) is 11.5 Å². The van der Waals surface area contributed by atoms with Crippen molar-refractivity contribution in [3.8, 4) is 0 Å². The molecule has 0 aromatic carbocycles. The first-order chi connectivity index (χ1) is 7.75. The van der Waals surface area contributed by atoms with Crippen LogP contribution in [0.4, 0.5) is 0 Å². The minimum absolute atomic E-state index is 0.0414. The fourth-order valence-corrected chi connectivity index (χ4v) is 2.37. The average Bonchev–Trinajstić information content (AvgIpc) is 2.99. The van der Waals surface area contributed by atoms with Gasteiger partial charge in [0.25, 0.3) is 5.91 Å². The van der Waals surface area contributed by atoms with Crippen molar-refractivity contribution in [1.82, 2.24) is 5.32 Å². The Morgan fingerprint density at radius 1 is 1.62 bits per heavy atom. The van der Waals surface area contributed by atoms with E-state index in [-0.39, 0.29) is 5.91 Å². The summed E-state index contributed by atoms with van der Waals surface area (Å²) in [5.74, 6) is 0.736. The molecule has 1 fully saturated rings. The fourth-order valence-electron chi connectivity index (χ4n) is 1.30. The van der Waals surface area contributed by atoms with Crippen LogP contribution in [0, 0.1) is 5.92 Å². The number of carbonyl (C=O) groups excluding carboxylic acids is 1. The maximum absolute atomic E-state index is 11.6. The molecule has 1 amide bonds. The smallest absolute Gasteiger partial charge is 0.261 e. The Hall–Kier alpha value is -0.520. The van der Waals surface area contributed by atoms with Crippen molar-refractivity contribution < 1.29 is 9.53 Å². The van der Waals surface area contributed by atoms with Gasteiger partial charge in [-0.05, 0) is 24.8 Å². The van der Waals surface area contributed by atoms with E-state index in [2.05, 4.69) is 17.9 Å². The number of nitrogens with one attached hydrogen (secondary N) is 1. The summed E-state index contributed by atoms with van der Waals surface area (Å²) in [7, 11) is 0. The number of thiophene rings is 1. The molecule has 0 aliphatic heterocycles. The SMILES string of the molecule is O=C(NCCOCC1CC1)c1cc(S)cs1. The molecule has 0 unspecified atom stereocenters. The Bertz CT molecular complexity index is 361. The fraction of sp³-hybridized carbons (Fsp3) is 0.545. The summed E-state index contributed by atoms with van der Waals surface area (Å²) < 4.78 is 5.42. The molecule has 3 nitrogen and oxygen atoms in total. The number of carbonyl (C=O) groups is 1. The first-order valence-electron chi connectivity index (χ1n) is 5.39. The van der Waals surface area contributed by atoms with E-state index < -0.39 is 0 Å². The summed E-state index contributed by atoms with van der Waals surface area (Å²) in [5.41, 5.74) is 0. The quantitative estimate of drug-likeness (QED) is 0.605. The van der Waals surface area contributed by atoms with Crippen LogP contribution in [0.1, 0.15) is 22.5 Å². The van der Waals surface area contributed by atoms with Gasteiger partial charge in [0.2, 0.25) is 0 Å². The summed E-state index contributed by atoms with van der Waals surface area (Å²) in [6.45, 7) is 2.02. The van der Waals surface area contributed by atoms with Gasteiger partial charge >= 0.3 is 0 Å². The van der Waals surface area contributed by atoms with Gasteiger partial charge in [-0.2, -0.15) is 0 Å². The van der Waals surface area contributed by atoms with E-state index >= 15 is 0 Å². The van der Waals surface area contributed by atoms with E-state index in [0.29, 0.717) is 18.0 Å². The van der Waals surface area contributed by atoms with Gasteiger partial charge in [-0.1, -0.05) is 0 Å². The molecule has 1 aromatic heterocycles. The Morgan fingerprint density at radius 3 is 3.06 bits per heavy atom. The maximum atomic E-state index is 11.6. The standard InChI is InChI=1S/C11H15NO2S2/c13-11(10-5-9(15)7-16-10)12-3-4-14-6-8-1-2-8/h5,7-8,15H,1-4,6H2,(H,12,13). The number of rotatable bonds is 6. The van der Waals surface area contributed by atoms with Crippen LogP contribution in [-0.2, 0) is 4.74 Å². The zero-order valence-electron chi connectivity index (χ0n) is 8.94. The molecule has 0 spiro atoms. The Morgan fingerprint density at radius 2 is 2.44 bits per heavy atom. The van der Waals surface area contributed by atoms with Crippen LogP contribution >= 0.6 is 24.0 Å². The molecule has 1 aromatic rings. The maximum Gasteiger partial charge on any atom is 0.261 e. The molecule has 1 aliphatic rings. The van der Waals surface area contributed by atoms with Gasteiger partial charge in [0.1, 0.15) is 0 Å². The van der Waals surface area contributed by atoms with Crippen LogP contribution in [0.2, 0.25) is 0 Å². The topological polar surface area (TPSA) is 38.3 Å². The van der Waals surface area contributed by atoms with Crippen LogP contribution in [0.5, 0.6) is 0 Å². The molecule has 0 radical (unpaired) electrons. The zero-order valence-corrected chi connectivity index (χ0v) is 10.7.